The van der Waals surface area contributed by atoms with E-state index in [0.29, 0.717) is 35.4 Å². The first-order valence-electron chi connectivity index (χ1n) is 8.00. The van der Waals surface area contributed by atoms with Crippen LogP contribution in [-0.4, -0.2) is 35.0 Å². The van der Waals surface area contributed by atoms with Crippen LogP contribution in [0.4, 0.5) is 4.39 Å². The van der Waals surface area contributed by atoms with Crippen molar-refractivity contribution in [1.82, 2.24) is 14.9 Å². The fourth-order valence-electron chi connectivity index (χ4n) is 2.77. The van der Waals surface area contributed by atoms with Crippen molar-refractivity contribution >= 4 is 16.9 Å². The molecule has 0 saturated carbocycles. The van der Waals surface area contributed by atoms with E-state index in [9.17, 15) is 14.0 Å². The van der Waals surface area contributed by atoms with Crippen LogP contribution in [0.2, 0.25) is 0 Å². The zero-order chi connectivity index (χ0) is 18.7. The van der Waals surface area contributed by atoms with Crippen molar-refractivity contribution in [3.63, 3.8) is 0 Å². The van der Waals surface area contributed by atoms with Crippen LogP contribution in [0.3, 0.4) is 0 Å². The fraction of sp³-hybridized carbons (Fsp3) is 0.211. The van der Waals surface area contributed by atoms with Crippen molar-refractivity contribution in [2.75, 3.05) is 14.2 Å². The van der Waals surface area contributed by atoms with E-state index < -0.39 is 5.97 Å². The summed E-state index contributed by atoms with van der Waals surface area (Å²) in [5.74, 6) is -0.314. The van der Waals surface area contributed by atoms with E-state index in [0.717, 1.165) is 5.56 Å². The molecule has 0 amide bonds. The monoisotopic (exact) mass is 355 g/mol. The molecule has 0 bridgehead atoms. The Labute approximate surface area is 149 Å². The van der Waals surface area contributed by atoms with E-state index in [4.69, 9.17) is 4.74 Å². The number of nitrogens with one attached hydrogen (secondary N) is 1. The number of methoxy groups -OCH3 is 1. The first kappa shape index (κ1) is 17.8. The number of hydrogen-bond acceptors (Lipinski definition) is 5. The molecule has 6 nitrogen and oxygen atoms in total. The van der Waals surface area contributed by atoms with Gasteiger partial charge in [-0.3, -0.25) is 9.69 Å². The number of carbonyl (C=O) groups excluding carboxylic acids is 1. The predicted octanol–water partition coefficient (Wildman–Crippen LogP) is 2.48. The summed E-state index contributed by atoms with van der Waals surface area (Å²) in [6.45, 7) is 0.867. The minimum Gasteiger partial charge on any atom is -0.465 e. The van der Waals surface area contributed by atoms with Gasteiger partial charge in [0.15, 0.2) is 0 Å². The molecule has 1 aromatic heterocycles. The third kappa shape index (κ3) is 3.94. The number of hydrogen-bond donors (Lipinski definition) is 1. The number of aromatic nitrogens is 2. The predicted molar refractivity (Wildman–Crippen MR) is 95.3 cm³/mol. The average Bonchev–Trinajstić information content (AvgIpc) is 2.60. The topological polar surface area (TPSA) is 75.3 Å². The molecule has 3 rings (SSSR count). The molecule has 0 unspecified atom stereocenters. The number of benzene rings is 2. The summed E-state index contributed by atoms with van der Waals surface area (Å²) in [4.78, 5) is 33.0. The Morgan fingerprint density at radius 1 is 1.23 bits per heavy atom. The van der Waals surface area contributed by atoms with E-state index >= 15 is 0 Å². The third-order valence-electron chi connectivity index (χ3n) is 3.94. The van der Waals surface area contributed by atoms with Crippen molar-refractivity contribution in [2.45, 2.75) is 13.1 Å². The van der Waals surface area contributed by atoms with Crippen molar-refractivity contribution < 1.29 is 13.9 Å². The molecule has 0 atom stereocenters. The lowest BCUT2D eigenvalue weighted by Crippen LogP contribution is -2.22. The highest BCUT2D eigenvalue weighted by Gasteiger charge is 2.11. The molecule has 1 heterocycles. The van der Waals surface area contributed by atoms with Crippen LogP contribution in [0.5, 0.6) is 0 Å². The molecule has 3 aromatic rings. The fourth-order valence-corrected chi connectivity index (χ4v) is 2.77. The zero-order valence-corrected chi connectivity index (χ0v) is 14.5. The van der Waals surface area contributed by atoms with Gasteiger partial charge in [-0.2, -0.15) is 0 Å². The van der Waals surface area contributed by atoms with Gasteiger partial charge in [-0.1, -0.05) is 12.1 Å². The van der Waals surface area contributed by atoms with Crippen molar-refractivity contribution in [1.29, 1.82) is 0 Å². The second-order valence-corrected chi connectivity index (χ2v) is 6.04. The van der Waals surface area contributed by atoms with Crippen LogP contribution in [-0.2, 0) is 17.8 Å². The minimum atomic E-state index is -0.487. The molecule has 0 aliphatic heterocycles. The Kier molecular flexibility index (Phi) is 5.09. The molecule has 134 valence electrons. The number of aromatic amines is 1. The number of nitrogens with zero attached hydrogens (tertiary/aromatic N) is 2. The number of rotatable bonds is 5. The Hall–Kier alpha value is -3.06. The number of carbonyl (C=O) groups is 1. The summed E-state index contributed by atoms with van der Waals surface area (Å²) in [6.07, 6.45) is 0. The molecule has 0 spiro atoms. The van der Waals surface area contributed by atoms with Gasteiger partial charge < -0.3 is 9.72 Å². The van der Waals surface area contributed by atoms with E-state index in [2.05, 4.69) is 9.97 Å². The summed E-state index contributed by atoms with van der Waals surface area (Å²) in [5, 5.41) is 0.397. The highest BCUT2D eigenvalue weighted by Crippen LogP contribution is 2.13. The number of fused-ring (bicyclic) bond motifs is 1. The third-order valence-corrected chi connectivity index (χ3v) is 3.94. The quantitative estimate of drug-likeness (QED) is 0.712. The molecule has 7 heteroatoms. The van der Waals surface area contributed by atoms with E-state index in [1.807, 2.05) is 18.0 Å². The maximum atomic E-state index is 13.3. The summed E-state index contributed by atoms with van der Waals surface area (Å²) in [6, 6.07) is 11.0. The summed E-state index contributed by atoms with van der Waals surface area (Å²) < 4.78 is 18.0. The van der Waals surface area contributed by atoms with Gasteiger partial charge in [-0.25, -0.2) is 14.2 Å². The maximum absolute atomic E-state index is 13.3. The van der Waals surface area contributed by atoms with Crippen molar-refractivity contribution in [3.8, 4) is 0 Å². The normalized spacial score (nSPS) is 11.1. The average molecular weight is 355 g/mol. The minimum absolute atomic E-state index is 0.277. The maximum Gasteiger partial charge on any atom is 0.337 e. The summed E-state index contributed by atoms with van der Waals surface area (Å²) in [7, 11) is 3.14. The molecule has 0 aliphatic carbocycles. The first-order chi connectivity index (χ1) is 12.5. The van der Waals surface area contributed by atoms with E-state index in [-0.39, 0.29) is 11.4 Å². The van der Waals surface area contributed by atoms with Crippen LogP contribution >= 0.6 is 0 Å². The van der Waals surface area contributed by atoms with Gasteiger partial charge >= 0.3 is 5.97 Å². The Bertz CT molecular complexity index is 1020. The smallest absolute Gasteiger partial charge is 0.337 e. The van der Waals surface area contributed by atoms with Gasteiger partial charge in [-0.15, -0.1) is 0 Å². The lowest BCUT2D eigenvalue weighted by Gasteiger charge is -2.16. The van der Waals surface area contributed by atoms with Crippen LogP contribution in [0.15, 0.2) is 47.3 Å². The van der Waals surface area contributed by atoms with Gasteiger partial charge in [0, 0.05) is 6.54 Å². The number of halogens is 1. The molecular weight excluding hydrogens is 337 g/mol. The molecule has 0 fully saturated rings. The second-order valence-electron chi connectivity index (χ2n) is 6.04. The van der Waals surface area contributed by atoms with Gasteiger partial charge in [-0.05, 0) is 42.9 Å². The van der Waals surface area contributed by atoms with Crippen LogP contribution < -0.4 is 5.56 Å². The summed E-state index contributed by atoms with van der Waals surface area (Å²) >= 11 is 0. The highest BCUT2D eigenvalue weighted by molar-refractivity contribution is 5.93. The number of ether oxygens (including phenoxy) is 1. The van der Waals surface area contributed by atoms with E-state index in [1.54, 1.807) is 12.1 Å². The Balaban J connectivity index is 1.85. The molecule has 0 radical (unpaired) electrons. The SMILES string of the molecule is COC(=O)c1ccc2c(=O)[nH]c(CN(C)Cc3cccc(F)c3)nc2c1. The van der Waals surface area contributed by atoms with Gasteiger partial charge in [0.1, 0.15) is 11.6 Å². The standard InChI is InChI=1S/C19H18FN3O3/c1-23(10-12-4-3-5-14(20)8-12)11-17-21-16-9-13(19(25)26-2)6-7-15(16)18(24)22-17/h3-9H,10-11H2,1-2H3,(H,21,22,24). The van der Waals surface area contributed by atoms with Crippen molar-refractivity contribution in [2.24, 2.45) is 0 Å². The lowest BCUT2D eigenvalue weighted by molar-refractivity contribution is 0.0601. The zero-order valence-electron chi connectivity index (χ0n) is 14.5. The lowest BCUT2D eigenvalue weighted by atomic mass is 10.1. The van der Waals surface area contributed by atoms with Crippen LogP contribution in [0, 0.1) is 5.82 Å². The highest BCUT2D eigenvalue weighted by atomic mass is 19.1. The van der Waals surface area contributed by atoms with Crippen LogP contribution in [0.1, 0.15) is 21.7 Å². The molecule has 2 aromatic carbocycles. The van der Waals surface area contributed by atoms with Gasteiger partial charge in [0.25, 0.3) is 5.56 Å². The van der Waals surface area contributed by atoms with Crippen molar-refractivity contribution in [3.05, 3.63) is 75.6 Å². The Morgan fingerprint density at radius 3 is 2.77 bits per heavy atom. The largest absolute Gasteiger partial charge is 0.465 e. The van der Waals surface area contributed by atoms with Crippen LogP contribution in [0.25, 0.3) is 10.9 Å². The number of esters is 1. The first-order valence-corrected chi connectivity index (χ1v) is 8.00. The summed E-state index contributed by atoms with van der Waals surface area (Å²) in [5.41, 5.74) is 1.30. The van der Waals surface area contributed by atoms with Gasteiger partial charge in [0.05, 0.1) is 30.1 Å². The molecule has 0 saturated heterocycles. The molecule has 1 N–H and O–H groups in total. The van der Waals surface area contributed by atoms with E-state index in [1.165, 1.54) is 31.4 Å². The van der Waals surface area contributed by atoms with Gasteiger partial charge in [0.2, 0.25) is 0 Å². The molecular formula is C19H18FN3O3. The second kappa shape index (κ2) is 7.45. The number of H-pyrrole nitrogens is 1. The Morgan fingerprint density at radius 2 is 2.04 bits per heavy atom. The molecule has 26 heavy (non-hydrogen) atoms. The molecule has 0 aliphatic rings.